The van der Waals surface area contributed by atoms with Crippen LogP contribution < -0.4 is 0 Å². The summed E-state index contributed by atoms with van der Waals surface area (Å²) in [5.74, 6) is -0.807. The molecular weight excluding hydrogens is 263 g/mol. The van der Waals surface area contributed by atoms with E-state index in [4.69, 9.17) is 32.7 Å². The molecule has 0 unspecified atom stereocenters. The molecule has 0 aliphatic heterocycles. The summed E-state index contributed by atoms with van der Waals surface area (Å²) in [5, 5.41) is 10.7. The van der Waals surface area contributed by atoms with Crippen LogP contribution in [0.3, 0.4) is 0 Å². The zero-order chi connectivity index (χ0) is 12.2. The summed E-state index contributed by atoms with van der Waals surface area (Å²) < 4.78 is 5.36. The molecule has 3 rings (SSSR count). The third-order valence-electron chi connectivity index (χ3n) is 2.93. The Bertz CT molecular complexity index is 626. The van der Waals surface area contributed by atoms with Crippen LogP contribution in [0.25, 0.3) is 11.0 Å². The van der Waals surface area contributed by atoms with Crippen LogP contribution in [0.15, 0.2) is 16.5 Å². The van der Waals surface area contributed by atoms with Gasteiger partial charge in [-0.1, -0.05) is 23.2 Å². The van der Waals surface area contributed by atoms with E-state index in [0.29, 0.717) is 15.6 Å². The van der Waals surface area contributed by atoms with Gasteiger partial charge in [-0.05, 0) is 30.9 Å². The second-order valence-corrected chi connectivity index (χ2v) is 5.03. The van der Waals surface area contributed by atoms with Crippen LogP contribution in [0.5, 0.6) is 0 Å². The number of halogens is 2. The van der Waals surface area contributed by atoms with E-state index >= 15 is 0 Å². The minimum absolute atomic E-state index is 0.00772. The highest BCUT2D eigenvalue weighted by molar-refractivity contribution is 6.38. The molecule has 1 aliphatic carbocycles. The van der Waals surface area contributed by atoms with Crippen molar-refractivity contribution in [1.29, 1.82) is 0 Å². The third-order valence-corrected chi connectivity index (χ3v) is 3.43. The Morgan fingerprint density at radius 1 is 1.35 bits per heavy atom. The monoisotopic (exact) mass is 270 g/mol. The van der Waals surface area contributed by atoms with E-state index in [1.807, 2.05) is 0 Å². The van der Waals surface area contributed by atoms with Gasteiger partial charge in [0.25, 0.3) is 0 Å². The smallest absolute Gasteiger partial charge is 0.372 e. The van der Waals surface area contributed by atoms with Gasteiger partial charge in [-0.25, -0.2) is 4.79 Å². The van der Waals surface area contributed by atoms with Gasteiger partial charge < -0.3 is 9.52 Å². The summed E-state index contributed by atoms with van der Waals surface area (Å²) >= 11 is 11.9. The second kappa shape index (κ2) is 3.65. The first kappa shape index (κ1) is 10.9. The van der Waals surface area contributed by atoms with Gasteiger partial charge in [0.15, 0.2) is 5.58 Å². The van der Waals surface area contributed by atoms with E-state index in [2.05, 4.69) is 0 Å². The van der Waals surface area contributed by atoms with Gasteiger partial charge >= 0.3 is 5.97 Å². The maximum atomic E-state index is 11.2. The molecule has 88 valence electrons. The van der Waals surface area contributed by atoms with Crippen molar-refractivity contribution in [2.24, 2.45) is 0 Å². The Kier molecular flexibility index (Phi) is 2.35. The first-order valence-electron chi connectivity index (χ1n) is 5.22. The number of benzene rings is 1. The molecular formula is C12H8Cl2O3. The molecule has 1 fully saturated rings. The SMILES string of the molecule is O=C(O)c1oc2c(Cl)cc(Cl)cc2c1C1CC1. The molecule has 0 radical (unpaired) electrons. The van der Waals surface area contributed by atoms with Crippen molar-refractivity contribution in [1.82, 2.24) is 0 Å². The molecule has 0 atom stereocenters. The highest BCUT2D eigenvalue weighted by Gasteiger charge is 2.34. The number of aromatic carboxylic acids is 1. The summed E-state index contributed by atoms with van der Waals surface area (Å²) in [6, 6.07) is 3.27. The largest absolute Gasteiger partial charge is 0.475 e. The number of carboxylic acid groups (broad SMARTS) is 1. The van der Waals surface area contributed by atoms with Gasteiger partial charge in [0.05, 0.1) is 5.02 Å². The Morgan fingerprint density at radius 3 is 2.65 bits per heavy atom. The molecule has 1 saturated carbocycles. The summed E-state index contributed by atoms with van der Waals surface area (Å²) in [6.45, 7) is 0. The highest BCUT2D eigenvalue weighted by Crippen LogP contribution is 2.47. The van der Waals surface area contributed by atoms with Crippen molar-refractivity contribution in [2.75, 3.05) is 0 Å². The van der Waals surface area contributed by atoms with Crippen LogP contribution in [-0.2, 0) is 0 Å². The van der Waals surface area contributed by atoms with Crippen molar-refractivity contribution in [3.8, 4) is 0 Å². The second-order valence-electron chi connectivity index (χ2n) is 4.19. The van der Waals surface area contributed by atoms with Crippen LogP contribution in [-0.4, -0.2) is 11.1 Å². The lowest BCUT2D eigenvalue weighted by molar-refractivity contribution is 0.0663. The standard InChI is InChI=1S/C12H8Cl2O3/c13-6-3-7-9(5-1-2-5)11(12(15)16)17-10(7)8(14)4-6/h3-5H,1-2H2,(H,15,16). The van der Waals surface area contributed by atoms with E-state index in [1.54, 1.807) is 12.1 Å². The number of carboxylic acids is 1. The predicted molar refractivity (Wildman–Crippen MR) is 65.2 cm³/mol. The quantitative estimate of drug-likeness (QED) is 0.885. The topological polar surface area (TPSA) is 50.4 Å². The molecule has 5 heteroatoms. The number of rotatable bonds is 2. The molecule has 3 nitrogen and oxygen atoms in total. The lowest BCUT2D eigenvalue weighted by Gasteiger charge is -1.97. The fourth-order valence-electron chi connectivity index (χ4n) is 2.08. The zero-order valence-corrected chi connectivity index (χ0v) is 10.2. The average molecular weight is 271 g/mol. The molecule has 1 aromatic carbocycles. The van der Waals surface area contributed by atoms with Gasteiger partial charge in [0.2, 0.25) is 5.76 Å². The first-order valence-corrected chi connectivity index (χ1v) is 5.98. The lowest BCUT2D eigenvalue weighted by atomic mass is 10.1. The van der Waals surface area contributed by atoms with Gasteiger partial charge in [0, 0.05) is 16.0 Å². The van der Waals surface area contributed by atoms with Gasteiger partial charge in [-0.2, -0.15) is 0 Å². The summed E-state index contributed by atoms with van der Waals surface area (Å²) in [6.07, 6.45) is 1.97. The van der Waals surface area contributed by atoms with Crippen LogP contribution >= 0.6 is 23.2 Å². The fourth-order valence-corrected chi connectivity index (χ4v) is 2.61. The molecule has 1 aromatic heterocycles. The van der Waals surface area contributed by atoms with Crippen LogP contribution in [0.4, 0.5) is 0 Å². The van der Waals surface area contributed by atoms with Crippen molar-refractivity contribution in [3.05, 3.63) is 33.5 Å². The number of fused-ring (bicyclic) bond motifs is 1. The Balaban J connectivity index is 2.38. The normalized spacial score (nSPS) is 15.4. The maximum Gasteiger partial charge on any atom is 0.372 e. The Morgan fingerprint density at radius 2 is 2.06 bits per heavy atom. The van der Waals surface area contributed by atoms with Crippen LogP contribution in [0, 0.1) is 0 Å². The molecule has 1 N–H and O–H groups in total. The van der Waals surface area contributed by atoms with Crippen molar-refractivity contribution >= 4 is 40.1 Å². The number of carbonyl (C=O) groups is 1. The first-order chi connectivity index (χ1) is 8.08. The molecule has 1 aliphatic rings. The average Bonchev–Trinajstić information content (AvgIpc) is 2.99. The minimum Gasteiger partial charge on any atom is -0.475 e. The minimum atomic E-state index is -1.06. The zero-order valence-electron chi connectivity index (χ0n) is 8.67. The third kappa shape index (κ3) is 1.70. The predicted octanol–water partition coefficient (Wildman–Crippen LogP) is 4.32. The van der Waals surface area contributed by atoms with Gasteiger partial charge in [0.1, 0.15) is 0 Å². The van der Waals surface area contributed by atoms with E-state index in [9.17, 15) is 4.79 Å². The molecule has 2 aromatic rings. The van der Waals surface area contributed by atoms with Crippen molar-refractivity contribution in [2.45, 2.75) is 18.8 Å². The van der Waals surface area contributed by atoms with Crippen molar-refractivity contribution in [3.63, 3.8) is 0 Å². The molecule has 17 heavy (non-hydrogen) atoms. The maximum absolute atomic E-state index is 11.2. The van der Waals surface area contributed by atoms with E-state index < -0.39 is 5.97 Å². The number of hydrogen-bond donors (Lipinski definition) is 1. The van der Waals surface area contributed by atoms with Gasteiger partial charge in [-0.3, -0.25) is 0 Å². The lowest BCUT2D eigenvalue weighted by Crippen LogP contribution is -1.97. The number of furan rings is 1. The molecule has 0 bridgehead atoms. The summed E-state index contributed by atoms with van der Waals surface area (Å²) in [7, 11) is 0. The fraction of sp³-hybridized carbons (Fsp3) is 0.250. The molecule has 0 saturated heterocycles. The Hall–Kier alpha value is -1.19. The van der Waals surface area contributed by atoms with Crippen molar-refractivity contribution < 1.29 is 14.3 Å². The van der Waals surface area contributed by atoms with E-state index in [-0.39, 0.29) is 11.7 Å². The highest BCUT2D eigenvalue weighted by atomic mass is 35.5. The van der Waals surface area contributed by atoms with E-state index in [1.165, 1.54) is 0 Å². The van der Waals surface area contributed by atoms with Crippen LogP contribution in [0.2, 0.25) is 10.0 Å². The summed E-state index contributed by atoms with van der Waals surface area (Å²) in [5.41, 5.74) is 1.15. The number of hydrogen-bond acceptors (Lipinski definition) is 2. The molecule has 0 spiro atoms. The molecule has 1 heterocycles. The van der Waals surface area contributed by atoms with Crippen LogP contribution in [0.1, 0.15) is 34.9 Å². The molecule has 0 amide bonds. The summed E-state index contributed by atoms with van der Waals surface area (Å²) in [4.78, 5) is 11.2. The van der Waals surface area contributed by atoms with E-state index in [0.717, 1.165) is 23.8 Å². The van der Waals surface area contributed by atoms with Gasteiger partial charge in [-0.15, -0.1) is 0 Å². The Labute approximate surface area is 107 Å².